The Hall–Kier alpha value is -1.43. The highest BCUT2D eigenvalue weighted by atomic mass is 16.1. The highest BCUT2D eigenvalue weighted by Gasteiger charge is 2.08. The van der Waals surface area contributed by atoms with Crippen LogP contribution in [-0.2, 0) is 11.3 Å². The summed E-state index contributed by atoms with van der Waals surface area (Å²) in [5, 5.41) is 10.3. The summed E-state index contributed by atoms with van der Waals surface area (Å²) in [5.74, 6) is 0.00259. The molecule has 15 heavy (non-hydrogen) atoms. The molecular weight excluding hydrogens is 194 g/mol. The average molecular weight is 211 g/mol. The van der Waals surface area contributed by atoms with Crippen LogP contribution < -0.4 is 11.1 Å². The van der Waals surface area contributed by atoms with Gasteiger partial charge in [-0.1, -0.05) is 12.1 Å². The van der Waals surface area contributed by atoms with Gasteiger partial charge in [0, 0.05) is 25.2 Å². The maximum absolute atomic E-state index is 11.4. The van der Waals surface area contributed by atoms with Gasteiger partial charge in [0.05, 0.1) is 12.7 Å². The monoisotopic (exact) mass is 211 g/mol. The van der Waals surface area contributed by atoms with E-state index in [2.05, 4.69) is 15.6 Å². The number of amides is 1. The first-order chi connectivity index (χ1) is 7.26. The van der Waals surface area contributed by atoms with E-state index in [1.54, 1.807) is 17.1 Å². The molecule has 1 aromatic rings. The fourth-order valence-electron chi connectivity index (χ4n) is 1.20. The largest absolute Gasteiger partial charge is 0.352 e. The molecule has 0 spiro atoms. The molecule has 0 radical (unpaired) electrons. The van der Waals surface area contributed by atoms with Gasteiger partial charge < -0.3 is 11.1 Å². The molecular formula is C9H17N5O. The molecule has 1 unspecified atom stereocenters. The lowest BCUT2D eigenvalue weighted by molar-refractivity contribution is -0.122. The van der Waals surface area contributed by atoms with E-state index in [4.69, 9.17) is 5.73 Å². The van der Waals surface area contributed by atoms with Crippen LogP contribution in [0.4, 0.5) is 0 Å². The molecule has 84 valence electrons. The topological polar surface area (TPSA) is 85.8 Å². The van der Waals surface area contributed by atoms with Crippen molar-refractivity contribution in [3.05, 3.63) is 12.4 Å². The summed E-state index contributed by atoms with van der Waals surface area (Å²) < 4.78 is 1.63. The number of nitrogens with one attached hydrogen (secondary N) is 1. The molecule has 1 rings (SSSR count). The number of aromatic nitrogens is 3. The van der Waals surface area contributed by atoms with E-state index < -0.39 is 0 Å². The van der Waals surface area contributed by atoms with Gasteiger partial charge in [0.2, 0.25) is 5.91 Å². The molecule has 0 saturated carbocycles. The number of rotatable bonds is 6. The van der Waals surface area contributed by atoms with E-state index >= 15 is 0 Å². The summed E-state index contributed by atoms with van der Waals surface area (Å²) in [7, 11) is 0. The molecule has 1 amide bonds. The number of hydrogen-bond acceptors (Lipinski definition) is 4. The Morgan fingerprint density at radius 2 is 2.47 bits per heavy atom. The van der Waals surface area contributed by atoms with Gasteiger partial charge in [-0.15, -0.1) is 5.10 Å². The van der Waals surface area contributed by atoms with E-state index in [1.165, 1.54) is 0 Å². The third kappa shape index (κ3) is 4.07. The molecule has 1 aromatic heterocycles. The Bertz CT molecular complexity index is 281. The molecule has 0 aliphatic carbocycles. The van der Waals surface area contributed by atoms with Crippen LogP contribution in [0.25, 0.3) is 0 Å². The molecule has 6 nitrogen and oxygen atoms in total. The lowest BCUT2D eigenvalue weighted by Gasteiger charge is -2.14. The maximum atomic E-state index is 11.4. The second-order valence-electron chi connectivity index (χ2n) is 3.32. The van der Waals surface area contributed by atoms with Gasteiger partial charge in [0.25, 0.3) is 0 Å². The normalized spacial score (nSPS) is 12.4. The van der Waals surface area contributed by atoms with Crippen LogP contribution in [0, 0.1) is 0 Å². The third-order valence-electron chi connectivity index (χ3n) is 2.18. The van der Waals surface area contributed by atoms with Gasteiger partial charge in [-0.25, -0.2) is 0 Å². The fraction of sp³-hybridized carbons (Fsp3) is 0.667. The van der Waals surface area contributed by atoms with Crippen LogP contribution in [-0.4, -0.2) is 33.5 Å². The second-order valence-corrected chi connectivity index (χ2v) is 3.32. The van der Waals surface area contributed by atoms with Gasteiger partial charge in [-0.05, 0) is 6.42 Å². The van der Waals surface area contributed by atoms with Crippen molar-refractivity contribution in [3.63, 3.8) is 0 Å². The van der Waals surface area contributed by atoms with Gasteiger partial charge in [0.15, 0.2) is 0 Å². The summed E-state index contributed by atoms with van der Waals surface area (Å²) in [6.07, 6.45) is 4.57. The second kappa shape index (κ2) is 6.13. The van der Waals surface area contributed by atoms with Crippen molar-refractivity contribution in [3.8, 4) is 0 Å². The van der Waals surface area contributed by atoms with Crippen LogP contribution in [0.5, 0.6) is 0 Å². The van der Waals surface area contributed by atoms with Crippen molar-refractivity contribution in [2.24, 2.45) is 5.73 Å². The molecule has 3 N–H and O–H groups in total. The predicted octanol–water partition coefficient (Wildman–Crippen LogP) is -0.478. The lowest BCUT2D eigenvalue weighted by Crippen LogP contribution is -2.39. The molecule has 6 heteroatoms. The quantitative estimate of drug-likeness (QED) is 0.665. The van der Waals surface area contributed by atoms with Gasteiger partial charge in [0.1, 0.15) is 0 Å². The van der Waals surface area contributed by atoms with Gasteiger partial charge in [-0.3, -0.25) is 9.48 Å². The van der Waals surface area contributed by atoms with Gasteiger partial charge in [-0.2, -0.15) is 0 Å². The highest BCUT2D eigenvalue weighted by molar-refractivity contribution is 5.76. The Labute approximate surface area is 88.8 Å². The van der Waals surface area contributed by atoms with Crippen molar-refractivity contribution in [1.29, 1.82) is 0 Å². The lowest BCUT2D eigenvalue weighted by atomic mass is 10.2. The first kappa shape index (κ1) is 11.6. The minimum absolute atomic E-state index is 0.00259. The Morgan fingerprint density at radius 3 is 3.00 bits per heavy atom. The SMILES string of the molecule is CCC(CN)NC(=O)CCn1ccnn1. The van der Waals surface area contributed by atoms with E-state index in [9.17, 15) is 4.79 Å². The number of nitrogens with zero attached hydrogens (tertiary/aromatic N) is 3. The number of hydrogen-bond donors (Lipinski definition) is 2. The highest BCUT2D eigenvalue weighted by Crippen LogP contribution is 1.92. The summed E-state index contributed by atoms with van der Waals surface area (Å²) in [4.78, 5) is 11.4. The molecule has 0 aliphatic rings. The van der Waals surface area contributed by atoms with Crippen molar-refractivity contribution in [2.75, 3.05) is 6.54 Å². The molecule has 0 fully saturated rings. The van der Waals surface area contributed by atoms with E-state index in [-0.39, 0.29) is 11.9 Å². The first-order valence-electron chi connectivity index (χ1n) is 5.09. The fourth-order valence-corrected chi connectivity index (χ4v) is 1.20. The molecule has 1 atom stereocenters. The molecule has 0 aliphatic heterocycles. The first-order valence-corrected chi connectivity index (χ1v) is 5.09. The Kier molecular flexibility index (Phi) is 4.76. The Balaban J connectivity index is 2.24. The van der Waals surface area contributed by atoms with Crippen LogP contribution in [0.1, 0.15) is 19.8 Å². The van der Waals surface area contributed by atoms with Crippen LogP contribution in [0.3, 0.4) is 0 Å². The van der Waals surface area contributed by atoms with Crippen LogP contribution >= 0.6 is 0 Å². The van der Waals surface area contributed by atoms with E-state index in [0.717, 1.165) is 6.42 Å². The van der Waals surface area contributed by atoms with Crippen molar-refractivity contribution in [1.82, 2.24) is 20.3 Å². The summed E-state index contributed by atoms with van der Waals surface area (Å²) in [5.41, 5.74) is 5.48. The zero-order valence-corrected chi connectivity index (χ0v) is 8.89. The number of aryl methyl sites for hydroxylation is 1. The van der Waals surface area contributed by atoms with Crippen molar-refractivity contribution in [2.45, 2.75) is 32.4 Å². The predicted molar refractivity (Wildman–Crippen MR) is 55.9 cm³/mol. The minimum Gasteiger partial charge on any atom is -0.352 e. The van der Waals surface area contributed by atoms with E-state index in [1.807, 2.05) is 6.92 Å². The van der Waals surface area contributed by atoms with Crippen LogP contribution in [0.15, 0.2) is 12.4 Å². The van der Waals surface area contributed by atoms with Crippen LogP contribution in [0.2, 0.25) is 0 Å². The molecule has 1 heterocycles. The smallest absolute Gasteiger partial charge is 0.222 e. The Morgan fingerprint density at radius 1 is 1.67 bits per heavy atom. The van der Waals surface area contributed by atoms with Crippen molar-refractivity contribution < 1.29 is 4.79 Å². The number of carbonyl (C=O) groups is 1. The zero-order chi connectivity index (χ0) is 11.1. The maximum Gasteiger partial charge on any atom is 0.222 e. The average Bonchev–Trinajstić information content (AvgIpc) is 2.75. The molecule has 0 aromatic carbocycles. The third-order valence-corrected chi connectivity index (χ3v) is 2.18. The molecule has 0 bridgehead atoms. The zero-order valence-electron chi connectivity index (χ0n) is 8.89. The summed E-state index contributed by atoms with van der Waals surface area (Å²) in [6.45, 7) is 3.02. The number of carbonyl (C=O) groups excluding carboxylic acids is 1. The summed E-state index contributed by atoms with van der Waals surface area (Å²) in [6, 6.07) is 0.0771. The standard InChI is InChI=1S/C9H17N5O/c1-2-8(7-10)12-9(15)3-5-14-6-4-11-13-14/h4,6,8H,2-3,5,7,10H2,1H3,(H,12,15). The minimum atomic E-state index is 0.00259. The number of nitrogens with two attached hydrogens (primary N) is 1. The summed E-state index contributed by atoms with van der Waals surface area (Å²) >= 11 is 0. The van der Waals surface area contributed by atoms with E-state index in [0.29, 0.717) is 19.5 Å². The van der Waals surface area contributed by atoms with Gasteiger partial charge >= 0.3 is 0 Å². The molecule has 0 saturated heterocycles. The van der Waals surface area contributed by atoms with Crippen molar-refractivity contribution >= 4 is 5.91 Å².